The summed E-state index contributed by atoms with van der Waals surface area (Å²) < 4.78 is 0. The van der Waals surface area contributed by atoms with Gasteiger partial charge >= 0.3 is 5.91 Å². The summed E-state index contributed by atoms with van der Waals surface area (Å²) in [6.45, 7) is 0. The highest BCUT2D eigenvalue weighted by atomic mass is 16.9. The highest BCUT2D eigenvalue weighted by molar-refractivity contribution is 5.38. The Morgan fingerprint density at radius 2 is 1.33 bits per heavy atom. The van der Waals surface area contributed by atoms with Crippen molar-refractivity contribution in [3.05, 3.63) is 29.8 Å². The molecular weight excluding hydrogens is 294 g/mol. The summed E-state index contributed by atoms with van der Waals surface area (Å²) in [5.74, 6) is -8.96. The molecule has 9 N–H and O–H groups in total. The molecule has 1 aliphatic rings. The van der Waals surface area contributed by atoms with Gasteiger partial charge in [0.15, 0.2) is 0 Å². The van der Waals surface area contributed by atoms with Crippen molar-refractivity contribution in [3.63, 3.8) is 0 Å². The van der Waals surface area contributed by atoms with E-state index in [4.69, 9.17) is 0 Å². The molecule has 1 aromatic carbocycles. The highest BCUT2D eigenvalue weighted by Crippen LogP contribution is 2.47. The molecule has 1 saturated heterocycles. The predicted octanol–water partition coefficient (Wildman–Crippen LogP) is -3.23. The van der Waals surface area contributed by atoms with Crippen molar-refractivity contribution in [3.8, 4) is 5.75 Å². The van der Waals surface area contributed by atoms with Crippen molar-refractivity contribution >= 4 is 0 Å². The molecule has 2 rings (SSSR count). The zero-order valence-corrected chi connectivity index (χ0v) is 10.2. The number of nitrogens with zero attached hydrogens (tertiary/aromatic N) is 3. The fourth-order valence-electron chi connectivity index (χ4n) is 1.91. The third-order valence-corrected chi connectivity index (χ3v) is 3.14. The Kier molecular flexibility index (Phi) is 3.45. The second kappa shape index (κ2) is 4.54. The van der Waals surface area contributed by atoms with Crippen LogP contribution in [0.4, 0.5) is 0 Å². The highest BCUT2D eigenvalue weighted by Gasteiger charge is 2.75. The van der Waals surface area contributed by atoms with E-state index < -0.39 is 44.4 Å². The number of rotatable bonds is 1. The zero-order valence-electron chi connectivity index (χ0n) is 10.2. The molecule has 0 aliphatic carbocycles. The summed E-state index contributed by atoms with van der Waals surface area (Å²) >= 11 is 0. The molecule has 0 radical (unpaired) electrons. The van der Waals surface area contributed by atoms with Crippen LogP contribution in [0.25, 0.3) is 0 Å². The molecule has 0 amide bonds. The lowest BCUT2D eigenvalue weighted by atomic mass is 9.89. The van der Waals surface area contributed by atoms with E-state index in [9.17, 15) is 46.3 Å². The maximum atomic E-state index is 10.3. The molecular formula is C9H13N3O9. The van der Waals surface area contributed by atoms with E-state index in [0.717, 1.165) is 12.1 Å². The van der Waals surface area contributed by atoms with Crippen LogP contribution in [-0.4, -0.2) is 73.6 Å². The lowest BCUT2D eigenvalue weighted by Gasteiger charge is -2.56. The first kappa shape index (κ1) is 16.0. The number of hydrazine groups is 2. The van der Waals surface area contributed by atoms with E-state index in [1.54, 1.807) is 0 Å². The first-order valence-corrected chi connectivity index (χ1v) is 5.37. The van der Waals surface area contributed by atoms with Crippen molar-refractivity contribution in [2.75, 3.05) is 0 Å². The smallest absolute Gasteiger partial charge is 0.326 e. The fourth-order valence-corrected chi connectivity index (χ4v) is 1.91. The molecule has 118 valence electrons. The average Bonchev–Trinajstić information content (AvgIpc) is 2.43. The minimum absolute atomic E-state index is 0.743. The number of phenols is 1. The van der Waals surface area contributed by atoms with Crippen LogP contribution < -0.4 is 0 Å². The SMILES string of the molecule is Oc1ccccc1C1(O)N(O)N(O)N(O)C(O)(O)C1(O)O. The van der Waals surface area contributed by atoms with Gasteiger partial charge < -0.3 is 30.6 Å². The first-order chi connectivity index (χ1) is 9.49. The lowest BCUT2D eigenvalue weighted by Crippen LogP contribution is -2.85. The molecule has 0 bridgehead atoms. The molecule has 1 fully saturated rings. The molecule has 0 saturated carbocycles. The number of aromatic hydroxyl groups is 1. The summed E-state index contributed by atoms with van der Waals surface area (Å²) in [5, 5.41) is 84.1. The normalized spacial score (nSPS) is 30.5. The number of hydroxylamine groups is 2. The Labute approximate surface area is 116 Å². The van der Waals surface area contributed by atoms with Gasteiger partial charge in [0.1, 0.15) is 5.75 Å². The third kappa shape index (κ3) is 1.78. The summed E-state index contributed by atoms with van der Waals surface area (Å²) in [6, 6.07) is 4.33. The molecule has 0 aromatic heterocycles. The largest absolute Gasteiger partial charge is 0.507 e. The Balaban J connectivity index is 2.73. The minimum Gasteiger partial charge on any atom is -0.507 e. The van der Waals surface area contributed by atoms with E-state index >= 15 is 0 Å². The average molecular weight is 307 g/mol. The fraction of sp³-hybridized carbons (Fsp3) is 0.333. The van der Waals surface area contributed by atoms with E-state index in [2.05, 4.69) is 0 Å². The van der Waals surface area contributed by atoms with Crippen molar-refractivity contribution in [1.29, 1.82) is 0 Å². The molecule has 0 spiro atoms. The van der Waals surface area contributed by atoms with Crippen LogP contribution >= 0.6 is 0 Å². The zero-order chi connectivity index (χ0) is 16.2. The molecule has 1 heterocycles. The van der Waals surface area contributed by atoms with Crippen molar-refractivity contribution in [2.24, 2.45) is 0 Å². The van der Waals surface area contributed by atoms with Crippen LogP contribution in [-0.2, 0) is 5.72 Å². The summed E-state index contributed by atoms with van der Waals surface area (Å²) in [7, 11) is 0. The minimum atomic E-state index is -4.10. The van der Waals surface area contributed by atoms with Gasteiger partial charge in [-0.15, -0.1) is 0 Å². The van der Waals surface area contributed by atoms with Gasteiger partial charge in [-0.3, -0.25) is 15.6 Å². The number of hydrogen-bond acceptors (Lipinski definition) is 12. The maximum Gasteiger partial charge on any atom is 0.326 e. The molecule has 1 aromatic rings. The second-order valence-electron chi connectivity index (χ2n) is 4.34. The van der Waals surface area contributed by atoms with E-state index in [-0.39, 0.29) is 0 Å². The van der Waals surface area contributed by atoms with Gasteiger partial charge in [0.05, 0.1) is 0 Å². The van der Waals surface area contributed by atoms with Gasteiger partial charge in [-0.2, -0.15) is 0 Å². The van der Waals surface area contributed by atoms with Gasteiger partial charge in [-0.25, -0.2) is 0 Å². The van der Waals surface area contributed by atoms with Gasteiger partial charge in [0.2, 0.25) is 0 Å². The Morgan fingerprint density at radius 1 is 0.810 bits per heavy atom. The number of para-hydroxylation sites is 1. The summed E-state index contributed by atoms with van der Waals surface area (Å²) in [6.07, 6.45) is 0. The molecule has 1 atom stereocenters. The molecule has 12 nitrogen and oxygen atoms in total. The van der Waals surface area contributed by atoms with Crippen LogP contribution in [0.15, 0.2) is 24.3 Å². The second-order valence-corrected chi connectivity index (χ2v) is 4.34. The Bertz CT molecular complexity index is 553. The predicted molar refractivity (Wildman–Crippen MR) is 57.2 cm³/mol. The number of benzene rings is 1. The maximum absolute atomic E-state index is 10.3. The van der Waals surface area contributed by atoms with Crippen LogP contribution in [0.3, 0.4) is 0 Å². The first-order valence-electron chi connectivity index (χ1n) is 5.37. The number of phenolic OH excluding ortho intramolecular Hbond substituents is 1. The van der Waals surface area contributed by atoms with Crippen LogP contribution in [0.2, 0.25) is 0 Å². The Morgan fingerprint density at radius 3 is 1.86 bits per heavy atom. The number of aliphatic hydroxyl groups is 5. The molecule has 1 unspecified atom stereocenters. The summed E-state index contributed by atoms with van der Waals surface area (Å²) in [4.78, 5) is 0. The van der Waals surface area contributed by atoms with Gasteiger partial charge in [0, 0.05) is 10.8 Å². The van der Waals surface area contributed by atoms with E-state index in [1.807, 2.05) is 0 Å². The van der Waals surface area contributed by atoms with Crippen LogP contribution in [0.5, 0.6) is 5.75 Å². The third-order valence-electron chi connectivity index (χ3n) is 3.14. The van der Waals surface area contributed by atoms with Crippen molar-refractivity contribution in [1.82, 2.24) is 15.6 Å². The molecule has 21 heavy (non-hydrogen) atoms. The van der Waals surface area contributed by atoms with Crippen molar-refractivity contribution < 1.29 is 46.3 Å². The van der Waals surface area contributed by atoms with E-state index in [1.165, 1.54) is 12.1 Å². The van der Waals surface area contributed by atoms with Gasteiger partial charge in [0.25, 0.3) is 11.5 Å². The van der Waals surface area contributed by atoms with Crippen molar-refractivity contribution in [2.45, 2.75) is 17.4 Å². The quantitative estimate of drug-likeness (QED) is 0.236. The summed E-state index contributed by atoms with van der Waals surface area (Å²) in [5.41, 5.74) is -4.40. The van der Waals surface area contributed by atoms with Crippen LogP contribution in [0.1, 0.15) is 5.56 Å². The number of hydrogen-bond donors (Lipinski definition) is 9. The van der Waals surface area contributed by atoms with Crippen LogP contribution in [0, 0.1) is 0 Å². The van der Waals surface area contributed by atoms with Gasteiger partial charge in [-0.1, -0.05) is 18.2 Å². The molecule has 1 aliphatic heterocycles. The standard InChI is InChI=1S/C9H13N3O9/c13-6-4-2-1-3-5(6)7(14)8(15,16)9(17,18)11(20)12(21)10(7)19/h1-4,13-21H. The topological polar surface area (TPSA) is 192 Å². The van der Waals surface area contributed by atoms with Gasteiger partial charge in [-0.05, 0) is 16.4 Å². The lowest BCUT2D eigenvalue weighted by molar-refractivity contribution is -0.687. The molecule has 12 heteroatoms. The van der Waals surface area contributed by atoms with E-state index in [0.29, 0.717) is 0 Å². The monoisotopic (exact) mass is 307 g/mol. The Hall–Kier alpha value is -1.42.